The summed E-state index contributed by atoms with van der Waals surface area (Å²) in [5, 5.41) is 23.2. The highest BCUT2D eigenvalue weighted by molar-refractivity contribution is 7.16. The average Bonchev–Trinajstić information content (AvgIpc) is 3.25. The van der Waals surface area contributed by atoms with Crippen LogP contribution >= 0.6 is 22.7 Å². The first kappa shape index (κ1) is 20.4. The molecule has 0 radical (unpaired) electrons. The van der Waals surface area contributed by atoms with Crippen molar-refractivity contribution in [2.45, 2.75) is 65.2 Å². The predicted molar refractivity (Wildman–Crippen MR) is 104 cm³/mol. The van der Waals surface area contributed by atoms with Gasteiger partial charge in [-0.15, -0.1) is 20.4 Å². The summed E-state index contributed by atoms with van der Waals surface area (Å²) in [5.41, 5.74) is 0. The number of hydrogen-bond donors (Lipinski definition) is 2. The van der Waals surface area contributed by atoms with Crippen LogP contribution in [0.15, 0.2) is 0 Å². The fraction of sp³-hybridized carbons (Fsp3) is 0.625. The Labute approximate surface area is 160 Å². The van der Waals surface area contributed by atoms with E-state index in [0.29, 0.717) is 10.3 Å². The van der Waals surface area contributed by atoms with E-state index in [9.17, 15) is 9.59 Å². The van der Waals surface area contributed by atoms with Crippen LogP contribution in [0.25, 0.3) is 0 Å². The number of amides is 2. The van der Waals surface area contributed by atoms with Crippen LogP contribution in [0, 0.1) is 0 Å². The predicted octanol–water partition coefficient (Wildman–Crippen LogP) is 3.43. The van der Waals surface area contributed by atoms with Gasteiger partial charge in [0.2, 0.25) is 10.3 Å². The van der Waals surface area contributed by atoms with Gasteiger partial charge in [0.05, 0.1) is 0 Å². The van der Waals surface area contributed by atoms with Crippen molar-refractivity contribution in [3.05, 3.63) is 10.0 Å². The first-order valence-electron chi connectivity index (χ1n) is 8.89. The first-order valence-corrected chi connectivity index (χ1v) is 10.5. The number of aryl methyl sites for hydroxylation is 2. The maximum absolute atomic E-state index is 12.0. The molecule has 142 valence electrons. The van der Waals surface area contributed by atoms with Crippen LogP contribution in [0.2, 0.25) is 0 Å². The van der Waals surface area contributed by atoms with Gasteiger partial charge in [0.1, 0.15) is 10.0 Å². The second kappa shape index (κ2) is 10.9. The maximum Gasteiger partial charge on any atom is 0.315 e. The molecule has 2 amide bonds. The highest BCUT2D eigenvalue weighted by atomic mass is 32.1. The van der Waals surface area contributed by atoms with Crippen LogP contribution in [0.3, 0.4) is 0 Å². The third kappa shape index (κ3) is 6.75. The third-order valence-electron chi connectivity index (χ3n) is 3.57. The Morgan fingerprint density at radius 1 is 0.731 bits per heavy atom. The molecule has 2 aromatic heterocycles. The van der Waals surface area contributed by atoms with E-state index in [-0.39, 0.29) is 0 Å². The van der Waals surface area contributed by atoms with Gasteiger partial charge < -0.3 is 0 Å². The van der Waals surface area contributed by atoms with Crippen LogP contribution in [-0.2, 0) is 22.4 Å². The van der Waals surface area contributed by atoms with Crippen molar-refractivity contribution in [1.29, 1.82) is 0 Å². The lowest BCUT2D eigenvalue weighted by atomic mass is 10.2. The van der Waals surface area contributed by atoms with E-state index < -0.39 is 11.8 Å². The molecular formula is C16H24N6O2S2. The number of rotatable bonds is 10. The number of unbranched alkanes of at least 4 members (excludes halogenated alkanes) is 4. The Bertz CT molecular complexity index is 655. The maximum atomic E-state index is 12.0. The molecule has 0 aromatic carbocycles. The zero-order valence-corrected chi connectivity index (χ0v) is 16.7. The fourth-order valence-electron chi connectivity index (χ4n) is 2.17. The van der Waals surface area contributed by atoms with E-state index in [1.807, 2.05) is 0 Å². The van der Waals surface area contributed by atoms with Crippen molar-refractivity contribution in [3.8, 4) is 0 Å². The number of carbonyl (C=O) groups excluding carboxylic acids is 2. The van der Waals surface area contributed by atoms with E-state index in [1.54, 1.807) is 0 Å². The number of carbonyl (C=O) groups is 2. The van der Waals surface area contributed by atoms with Crippen LogP contribution in [0.4, 0.5) is 10.3 Å². The minimum absolute atomic E-state index is 0.328. The zero-order valence-electron chi connectivity index (χ0n) is 15.1. The van der Waals surface area contributed by atoms with Crippen molar-refractivity contribution < 1.29 is 9.59 Å². The summed E-state index contributed by atoms with van der Waals surface area (Å²) in [4.78, 5) is 24.0. The largest absolute Gasteiger partial charge is 0.315 e. The number of nitrogens with zero attached hydrogens (tertiary/aromatic N) is 4. The van der Waals surface area contributed by atoms with Gasteiger partial charge in [0.15, 0.2) is 0 Å². The average molecular weight is 397 g/mol. The standard InChI is InChI=1S/C16H24N6O2S2/c1-3-5-7-9-11-19-21-15(25-11)17-13(23)14(24)18-16-22-20-12(26-16)10-8-6-4-2/h3-10H2,1-2H3,(H,17,21,23)(H,18,22,24). The van der Waals surface area contributed by atoms with Gasteiger partial charge in [-0.25, -0.2) is 0 Å². The Kier molecular flexibility index (Phi) is 8.56. The normalized spacial score (nSPS) is 10.7. The number of hydrogen-bond acceptors (Lipinski definition) is 8. The number of aromatic nitrogens is 4. The smallest absolute Gasteiger partial charge is 0.292 e. The molecule has 0 spiro atoms. The monoisotopic (exact) mass is 396 g/mol. The van der Waals surface area contributed by atoms with Gasteiger partial charge in [-0.05, 0) is 12.8 Å². The Balaban J connectivity index is 1.79. The lowest BCUT2D eigenvalue weighted by Gasteiger charge is -2.00. The molecule has 10 heteroatoms. The second-order valence-electron chi connectivity index (χ2n) is 5.82. The van der Waals surface area contributed by atoms with Crippen molar-refractivity contribution in [1.82, 2.24) is 20.4 Å². The molecule has 8 nitrogen and oxygen atoms in total. The van der Waals surface area contributed by atoms with Crippen LogP contribution in [-0.4, -0.2) is 32.2 Å². The van der Waals surface area contributed by atoms with Crippen LogP contribution in [0.5, 0.6) is 0 Å². The van der Waals surface area contributed by atoms with E-state index >= 15 is 0 Å². The Morgan fingerprint density at radius 2 is 1.15 bits per heavy atom. The zero-order chi connectivity index (χ0) is 18.8. The van der Waals surface area contributed by atoms with Crippen molar-refractivity contribution >= 4 is 44.8 Å². The molecule has 0 atom stereocenters. The van der Waals surface area contributed by atoms with E-state index in [0.717, 1.165) is 61.4 Å². The molecule has 2 N–H and O–H groups in total. The van der Waals surface area contributed by atoms with Gasteiger partial charge in [-0.1, -0.05) is 62.2 Å². The quantitative estimate of drug-likeness (QED) is 0.470. The van der Waals surface area contributed by atoms with Gasteiger partial charge in [-0.3, -0.25) is 20.2 Å². The number of nitrogens with one attached hydrogen (secondary N) is 2. The van der Waals surface area contributed by atoms with E-state index in [2.05, 4.69) is 44.9 Å². The van der Waals surface area contributed by atoms with Crippen LogP contribution in [0.1, 0.15) is 62.4 Å². The summed E-state index contributed by atoms with van der Waals surface area (Å²) >= 11 is 2.58. The second-order valence-corrected chi connectivity index (χ2v) is 7.95. The lowest BCUT2D eigenvalue weighted by Crippen LogP contribution is -2.29. The summed E-state index contributed by atoms with van der Waals surface area (Å²) in [6, 6.07) is 0. The van der Waals surface area contributed by atoms with Gasteiger partial charge >= 0.3 is 11.8 Å². The fourth-order valence-corrected chi connectivity index (χ4v) is 3.72. The summed E-state index contributed by atoms with van der Waals surface area (Å²) in [6.45, 7) is 4.27. The van der Waals surface area contributed by atoms with Crippen molar-refractivity contribution in [3.63, 3.8) is 0 Å². The van der Waals surface area contributed by atoms with Crippen molar-refractivity contribution in [2.75, 3.05) is 10.6 Å². The summed E-state index contributed by atoms with van der Waals surface area (Å²) < 4.78 is 0. The first-order chi connectivity index (χ1) is 12.6. The van der Waals surface area contributed by atoms with E-state index in [4.69, 9.17) is 0 Å². The highest BCUT2D eigenvalue weighted by Gasteiger charge is 2.18. The van der Waals surface area contributed by atoms with Crippen LogP contribution < -0.4 is 10.6 Å². The van der Waals surface area contributed by atoms with Gasteiger partial charge in [0, 0.05) is 12.8 Å². The Hall–Kier alpha value is -1.94. The molecule has 0 saturated carbocycles. The van der Waals surface area contributed by atoms with Crippen molar-refractivity contribution in [2.24, 2.45) is 0 Å². The minimum atomic E-state index is -0.788. The summed E-state index contributed by atoms with van der Waals surface area (Å²) in [6.07, 6.45) is 8.27. The van der Waals surface area contributed by atoms with Gasteiger partial charge in [-0.2, -0.15) is 0 Å². The third-order valence-corrected chi connectivity index (χ3v) is 5.37. The molecule has 0 unspecified atom stereocenters. The highest BCUT2D eigenvalue weighted by Crippen LogP contribution is 2.19. The topological polar surface area (TPSA) is 110 Å². The minimum Gasteiger partial charge on any atom is -0.292 e. The molecule has 2 rings (SSSR count). The van der Waals surface area contributed by atoms with Gasteiger partial charge in [0.25, 0.3) is 0 Å². The Morgan fingerprint density at radius 3 is 1.54 bits per heavy atom. The lowest BCUT2D eigenvalue weighted by molar-refractivity contribution is -0.133. The summed E-state index contributed by atoms with van der Waals surface area (Å²) in [7, 11) is 0. The molecule has 0 aliphatic heterocycles. The molecule has 2 aromatic rings. The number of anilines is 2. The molecule has 26 heavy (non-hydrogen) atoms. The summed E-state index contributed by atoms with van der Waals surface area (Å²) in [5.74, 6) is -1.58. The molecule has 0 bridgehead atoms. The molecular weight excluding hydrogens is 372 g/mol. The molecule has 0 aliphatic rings. The molecule has 0 saturated heterocycles. The molecule has 2 heterocycles. The molecule has 0 aliphatic carbocycles. The molecule has 0 fully saturated rings. The SMILES string of the molecule is CCCCCc1nnc(NC(=O)C(=O)Nc2nnc(CCCCC)s2)s1. The van der Waals surface area contributed by atoms with E-state index in [1.165, 1.54) is 22.7 Å².